The van der Waals surface area contributed by atoms with E-state index in [9.17, 15) is 4.39 Å². The van der Waals surface area contributed by atoms with Crippen LogP contribution in [0.15, 0.2) is 18.3 Å². The summed E-state index contributed by atoms with van der Waals surface area (Å²) in [7, 11) is 0. The minimum absolute atomic E-state index is 0.202. The van der Waals surface area contributed by atoms with Gasteiger partial charge in [0, 0.05) is 18.7 Å². The zero-order chi connectivity index (χ0) is 12.0. The van der Waals surface area contributed by atoms with Gasteiger partial charge in [-0.2, -0.15) is 0 Å². The van der Waals surface area contributed by atoms with E-state index in [2.05, 4.69) is 31.1 Å². The normalized spacial score (nSPS) is 13.1. The lowest BCUT2D eigenvalue weighted by Crippen LogP contribution is -2.36. The molecule has 0 aliphatic rings. The van der Waals surface area contributed by atoms with Gasteiger partial charge in [-0.05, 0) is 31.0 Å². The molecule has 1 unspecified atom stereocenters. The molecule has 3 heteroatoms. The van der Waals surface area contributed by atoms with E-state index in [1.807, 2.05) is 0 Å². The Morgan fingerprint density at radius 2 is 2.19 bits per heavy atom. The lowest BCUT2D eigenvalue weighted by Gasteiger charge is -2.22. The van der Waals surface area contributed by atoms with Gasteiger partial charge >= 0.3 is 0 Å². The van der Waals surface area contributed by atoms with Gasteiger partial charge in [0.05, 0.1) is 5.69 Å². The Labute approximate surface area is 97.3 Å². The van der Waals surface area contributed by atoms with Crippen LogP contribution in [0, 0.1) is 11.7 Å². The molecule has 0 radical (unpaired) electrons. The van der Waals surface area contributed by atoms with Gasteiger partial charge in [-0.1, -0.05) is 20.8 Å². The lowest BCUT2D eigenvalue weighted by atomic mass is 9.98. The average Bonchev–Trinajstić information content (AvgIpc) is 2.26. The lowest BCUT2D eigenvalue weighted by molar-refractivity contribution is 0.389. The van der Waals surface area contributed by atoms with E-state index in [0.717, 1.165) is 13.0 Å². The molecule has 0 amide bonds. The van der Waals surface area contributed by atoms with Crippen molar-refractivity contribution in [3.05, 3.63) is 29.8 Å². The number of rotatable bonds is 6. The summed E-state index contributed by atoms with van der Waals surface area (Å²) >= 11 is 0. The molecule has 0 aliphatic heterocycles. The highest BCUT2D eigenvalue weighted by Crippen LogP contribution is 2.11. The molecular formula is C13H21FN2. The second kappa shape index (κ2) is 6.59. The minimum Gasteiger partial charge on any atom is -0.313 e. The number of nitrogens with zero attached hydrogens (tertiary/aromatic N) is 1. The Hall–Kier alpha value is -0.960. The molecule has 0 saturated carbocycles. The van der Waals surface area contributed by atoms with E-state index in [1.54, 1.807) is 12.3 Å². The van der Waals surface area contributed by atoms with Crippen molar-refractivity contribution < 1.29 is 4.39 Å². The highest BCUT2D eigenvalue weighted by molar-refractivity contribution is 5.08. The van der Waals surface area contributed by atoms with Crippen LogP contribution < -0.4 is 5.32 Å². The van der Waals surface area contributed by atoms with Crippen molar-refractivity contribution in [3.8, 4) is 0 Å². The van der Waals surface area contributed by atoms with E-state index in [-0.39, 0.29) is 5.82 Å². The second-order valence-corrected chi connectivity index (χ2v) is 4.44. The molecule has 16 heavy (non-hydrogen) atoms. The van der Waals surface area contributed by atoms with Gasteiger partial charge in [0.1, 0.15) is 5.82 Å². The standard InChI is InChI=1S/C13H21FN2/c1-4-7-15-12(10(2)3)9-13-11(14)6-5-8-16-13/h5-6,8,10,12,15H,4,7,9H2,1-3H3. The number of halogens is 1. The summed E-state index contributed by atoms with van der Waals surface area (Å²) in [6.45, 7) is 7.39. The van der Waals surface area contributed by atoms with E-state index in [4.69, 9.17) is 0 Å². The fourth-order valence-corrected chi connectivity index (χ4v) is 1.65. The molecular weight excluding hydrogens is 203 g/mol. The van der Waals surface area contributed by atoms with Crippen LogP contribution in [-0.2, 0) is 6.42 Å². The van der Waals surface area contributed by atoms with Crippen LogP contribution in [0.5, 0.6) is 0 Å². The first kappa shape index (κ1) is 13.1. The predicted molar refractivity (Wildman–Crippen MR) is 64.8 cm³/mol. The Morgan fingerprint density at radius 1 is 1.44 bits per heavy atom. The maximum absolute atomic E-state index is 13.4. The highest BCUT2D eigenvalue weighted by atomic mass is 19.1. The molecule has 1 N–H and O–H groups in total. The summed E-state index contributed by atoms with van der Waals surface area (Å²) in [5, 5.41) is 3.44. The summed E-state index contributed by atoms with van der Waals surface area (Å²) in [4.78, 5) is 4.09. The van der Waals surface area contributed by atoms with Crippen LogP contribution in [-0.4, -0.2) is 17.6 Å². The summed E-state index contributed by atoms with van der Waals surface area (Å²) < 4.78 is 13.4. The molecule has 0 aromatic carbocycles. The van der Waals surface area contributed by atoms with Crippen LogP contribution in [0.4, 0.5) is 4.39 Å². The zero-order valence-corrected chi connectivity index (χ0v) is 10.3. The van der Waals surface area contributed by atoms with Crippen molar-refractivity contribution in [1.29, 1.82) is 0 Å². The van der Waals surface area contributed by atoms with Gasteiger partial charge in [-0.25, -0.2) is 4.39 Å². The average molecular weight is 224 g/mol. The number of hydrogen-bond acceptors (Lipinski definition) is 2. The third kappa shape index (κ3) is 3.89. The zero-order valence-electron chi connectivity index (χ0n) is 10.3. The molecule has 1 aromatic rings. The second-order valence-electron chi connectivity index (χ2n) is 4.44. The first-order valence-corrected chi connectivity index (χ1v) is 5.98. The number of nitrogens with one attached hydrogen (secondary N) is 1. The van der Waals surface area contributed by atoms with E-state index >= 15 is 0 Å². The van der Waals surface area contributed by atoms with Crippen molar-refractivity contribution >= 4 is 0 Å². The first-order chi connectivity index (χ1) is 7.65. The molecule has 2 nitrogen and oxygen atoms in total. The van der Waals surface area contributed by atoms with Crippen molar-refractivity contribution in [2.45, 2.75) is 39.7 Å². The Kier molecular flexibility index (Phi) is 5.39. The van der Waals surface area contributed by atoms with Gasteiger partial charge in [-0.15, -0.1) is 0 Å². The topological polar surface area (TPSA) is 24.9 Å². The summed E-state index contributed by atoms with van der Waals surface area (Å²) in [5.41, 5.74) is 0.560. The fraction of sp³-hybridized carbons (Fsp3) is 0.615. The maximum Gasteiger partial charge on any atom is 0.144 e. The van der Waals surface area contributed by atoms with E-state index < -0.39 is 0 Å². The summed E-state index contributed by atoms with van der Waals surface area (Å²) in [5.74, 6) is 0.277. The Bertz CT molecular complexity index is 313. The third-order valence-electron chi connectivity index (χ3n) is 2.71. The molecule has 0 bridgehead atoms. The predicted octanol–water partition coefficient (Wildman–Crippen LogP) is 2.79. The van der Waals surface area contributed by atoms with Gasteiger partial charge in [0.2, 0.25) is 0 Å². The largest absolute Gasteiger partial charge is 0.313 e. The minimum atomic E-state index is -0.202. The molecule has 1 heterocycles. The molecule has 0 saturated heterocycles. The number of aromatic nitrogens is 1. The van der Waals surface area contributed by atoms with Gasteiger partial charge < -0.3 is 5.32 Å². The smallest absolute Gasteiger partial charge is 0.144 e. The Morgan fingerprint density at radius 3 is 2.75 bits per heavy atom. The SMILES string of the molecule is CCCNC(Cc1ncccc1F)C(C)C. The fourth-order valence-electron chi connectivity index (χ4n) is 1.65. The van der Waals surface area contributed by atoms with Crippen molar-refractivity contribution in [2.75, 3.05) is 6.54 Å². The van der Waals surface area contributed by atoms with Crippen LogP contribution in [0.3, 0.4) is 0 Å². The van der Waals surface area contributed by atoms with Crippen molar-refractivity contribution in [3.63, 3.8) is 0 Å². The van der Waals surface area contributed by atoms with Crippen molar-refractivity contribution in [2.24, 2.45) is 5.92 Å². The quantitative estimate of drug-likeness (QED) is 0.803. The monoisotopic (exact) mass is 224 g/mol. The summed E-state index contributed by atoms with van der Waals surface area (Å²) in [6, 6.07) is 3.40. The first-order valence-electron chi connectivity index (χ1n) is 5.98. The van der Waals surface area contributed by atoms with E-state index in [1.165, 1.54) is 6.07 Å². The Balaban J connectivity index is 2.64. The molecule has 0 spiro atoms. The number of pyridine rings is 1. The van der Waals surface area contributed by atoms with Crippen LogP contribution in [0.2, 0.25) is 0 Å². The van der Waals surface area contributed by atoms with Crippen LogP contribution >= 0.6 is 0 Å². The highest BCUT2D eigenvalue weighted by Gasteiger charge is 2.15. The van der Waals surface area contributed by atoms with Gasteiger partial charge in [-0.3, -0.25) is 4.98 Å². The molecule has 90 valence electrons. The van der Waals surface area contributed by atoms with Crippen molar-refractivity contribution in [1.82, 2.24) is 10.3 Å². The van der Waals surface area contributed by atoms with Crippen LogP contribution in [0.1, 0.15) is 32.9 Å². The molecule has 1 atom stereocenters. The maximum atomic E-state index is 13.4. The number of hydrogen-bond donors (Lipinski definition) is 1. The molecule has 1 rings (SSSR count). The van der Waals surface area contributed by atoms with E-state index in [0.29, 0.717) is 24.1 Å². The van der Waals surface area contributed by atoms with Gasteiger partial charge in [0.15, 0.2) is 0 Å². The van der Waals surface area contributed by atoms with Gasteiger partial charge in [0.25, 0.3) is 0 Å². The van der Waals surface area contributed by atoms with Crippen LogP contribution in [0.25, 0.3) is 0 Å². The molecule has 0 aliphatic carbocycles. The third-order valence-corrected chi connectivity index (χ3v) is 2.71. The molecule has 1 aromatic heterocycles. The molecule has 0 fully saturated rings. The summed E-state index contributed by atoms with van der Waals surface area (Å²) in [6.07, 6.45) is 3.40.